The Morgan fingerprint density at radius 2 is 1.93 bits per heavy atom. The van der Waals surface area contributed by atoms with E-state index in [0.29, 0.717) is 11.8 Å². The number of carbonyl (C=O) groups is 1. The Hall–Kier alpha value is -0.530. The van der Waals surface area contributed by atoms with E-state index in [9.17, 15) is 4.79 Å². The molecule has 0 atom stereocenters. The van der Waals surface area contributed by atoms with Crippen LogP contribution in [0.2, 0.25) is 0 Å². The third kappa shape index (κ3) is 2.49. The molecule has 1 N–H and O–H groups in total. The molecule has 1 saturated carbocycles. The summed E-state index contributed by atoms with van der Waals surface area (Å²) in [6, 6.07) is 0. The minimum Gasteiger partial charge on any atom is -0.355 e. The molecule has 0 unspecified atom stereocenters. The summed E-state index contributed by atoms with van der Waals surface area (Å²) in [5, 5.41) is 3.08. The Morgan fingerprint density at radius 1 is 1.36 bits per heavy atom. The Bertz CT molecular complexity index is 192. The van der Waals surface area contributed by atoms with Gasteiger partial charge in [-0.3, -0.25) is 4.79 Å². The number of carbonyl (C=O) groups excluding carboxylic acids is 1. The molecule has 0 spiro atoms. The maximum atomic E-state index is 12.0. The van der Waals surface area contributed by atoms with Crippen LogP contribution < -0.4 is 5.32 Å². The number of amides is 1. The normalized spacial score (nSPS) is 20.0. The molecule has 0 radical (unpaired) electrons. The molecule has 0 aliphatic heterocycles. The first-order valence-electron chi connectivity index (χ1n) is 5.89. The van der Waals surface area contributed by atoms with Crippen molar-refractivity contribution in [1.82, 2.24) is 5.32 Å². The predicted octanol–water partition coefficient (Wildman–Crippen LogP) is 2.73. The molecular formula is C12H23NO. The van der Waals surface area contributed by atoms with Gasteiger partial charge in [-0.1, -0.05) is 33.6 Å². The molecule has 14 heavy (non-hydrogen) atoms. The van der Waals surface area contributed by atoms with Gasteiger partial charge in [0.15, 0.2) is 0 Å². The van der Waals surface area contributed by atoms with Crippen molar-refractivity contribution >= 4 is 5.91 Å². The molecule has 1 fully saturated rings. The van der Waals surface area contributed by atoms with Gasteiger partial charge in [-0.15, -0.1) is 0 Å². The summed E-state index contributed by atoms with van der Waals surface area (Å²) in [4.78, 5) is 12.0. The summed E-state index contributed by atoms with van der Waals surface area (Å²) in [5.74, 6) is 0.848. The lowest BCUT2D eigenvalue weighted by atomic mass is 9.82. The third-order valence-electron chi connectivity index (χ3n) is 3.39. The zero-order valence-corrected chi connectivity index (χ0v) is 9.73. The second kappa shape index (κ2) is 4.81. The van der Waals surface area contributed by atoms with Crippen molar-refractivity contribution in [2.75, 3.05) is 6.54 Å². The number of hydrogen-bond acceptors (Lipinski definition) is 1. The van der Waals surface area contributed by atoms with Gasteiger partial charge in [0, 0.05) is 12.0 Å². The average molecular weight is 197 g/mol. The van der Waals surface area contributed by atoms with Crippen LogP contribution in [0.1, 0.15) is 52.9 Å². The lowest BCUT2D eigenvalue weighted by Crippen LogP contribution is -2.40. The monoisotopic (exact) mass is 197 g/mol. The smallest absolute Gasteiger partial charge is 0.226 e. The predicted molar refractivity (Wildman–Crippen MR) is 59.0 cm³/mol. The highest BCUT2D eigenvalue weighted by Gasteiger charge is 2.38. The highest BCUT2D eigenvalue weighted by Crippen LogP contribution is 2.40. The lowest BCUT2D eigenvalue weighted by Gasteiger charge is -2.26. The zero-order valence-electron chi connectivity index (χ0n) is 9.73. The molecule has 2 nitrogen and oxygen atoms in total. The first-order chi connectivity index (χ1) is 6.60. The molecule has 82 valence electrons. The van der Waals surface area contributed by atoms with Crippen molar-refractivity contribution < 1.29 is 4.79 Å². The van der Waals surface area contributed by atoms with Crippen LogP contribution in [0, 0.1) is 11.3 Å². The number of hydrogen-bond donors (Lipinski definition) is 1. The molecule has 0 saturated heterocycles. The molecule has 2 heteroatoms. The fraction of sp³-hybridized carbons (Fsp3) is 0.917. The quantitative estimate of drug-likeness (QED) is 0.737. The highest BCUT2D eigenvalue weighted by atomic mass is 16.2. The summed E-state index contributed by atoms with van der Waals surface area (Å²) in [5.41, 5.74) is -0.0190. The van der Waals surface area contributed by atoms with E-state index in [4.69, 9.17) is 0 Å². The van der Waals surface area contributed by atoms with E-state index in [-0.39, 0.29) is 5.41 Å². The van der Waals surface area contributed by atoms with Crippen molar-refractivity contribution in [3.05, 3.63) is 0 Å². The van der Waals surface area contributed by atoms with Gasteiger partial charge in [-0.05, 0) is 25.2 Å². The molecular weight excluding hydrogens is 174 g/mol. The van der Waals surface area contributed by atoms with Crippen LogP contribution in [0.5, 0.6) is 0 Å². The van der Waals surface area contributed by atoms with Crippen LogP contribution in [0.15, 0.2) is 0 Å². The molecule has 1 rings (SSSR count). The van der Waals surface area contributed by atoms with Gasteiger partial charge in [0.25, 0.3) is 0 Å². The maximum absolute atomic E-state index is 12.0. The van der Waals surface area contributed by atoms with Gasteiger partial charge < -0.3 is 5.32 Å². The summed E-state index contributed by atoms with van der Waals surface area (Å²) in [7, 11) is 0. The number of rotatable bonds is 4. The standard InChI is InChI=1S/C12H23NO/c1-4-12(7-5-6-8-12)11(14)13-9-10(2)3/h10H,4-9H2,1-3H3,(H,13,14). The molecule has 1 amide bonds. The zero-order chi connectivity index (χ0) is 10.6. The fourth-order valence-electron chi connectivity index (χ4n) is 2.28. The van der Waals surface area contributed by atoms with E-state index >= 15 is 0 Å². The van der Waals surface area contributed by atoms with Crippen molar-refractivity contribution in [3.63, 3.8) is 0 Å². The van der Waals surface area contributed by atoms with E-state index < -0.39 is 0 Å². The SMILES string of the molecule is CCC1(C(=O)NCC(C)C)CCCC1. The molecule has 0 heterocycles. The average Bonchev–Trinajstić information content (AvgIpc) is 2.63. The van der Waals surface area contributed by atoms with Crippen molar-refractivity contribution in [3.8, 4) is 0 Å². The second-order valence-corrected chi connectivity index (χ2v) is 4.94. The second-order valence-electron chi connectivity index (χ2n) is 4.94. The first kappa shape index (κ1) is 11.5. The Morgan fingerprint density at radius 3 is 2.36 bits per heavy atom. The van der Waals surface area contributed by atoms with Gasteiger partial charge in [-0.2, -0.15) is 0 Å². The topological polar surface area (TPSA) is 29.1 Å². The molecule has 0 bridgehead atoms. The van der Waals surface area contributed by atoms with Crippen LogP contribution in [-0.4, -0.2) is 12.5 Å². The van der Waals surface area contributed by atoms with Gasteiger partial charge in [0.05, 0.1) is 0 Å². The van der Waals surface area contributed by atoms with Crippen LogP contribution >= 0.6 is 0 Å². The largest absolute Gasteiger partial charge is 0.355 e. The van der Waals surface area contributed by atoms with Gasteiger partial charge in [0.2, 0.25) is 5.91 Å². The minimum absolute atomic E-state index is 0.0190. The van der Waals surface area contributed by atoms with E-state index in [1.165, 1.54) is 12.8 Å². The lowest BCUT2D eigenvalue weighted by molar-refractivity contribution is -0.131. The molecule has 1 aliphatic rings. The first-order valence-corrected chi connectivity index (χ1v) is 5.89. The van der Waals surface area contributed by atoms with Crippen molar-refractivity contribution in [2.24, 2.45) is 11.3 Å². The van der Waals surface area contributed by atoms with Gasteiger partial charge >= 0.3 is 0 Å². The molecule has 0 aromatic rings. The fourth-order valence-corrected chi connectivity index (χ4v) is 2.28. The molecule has 0 aromatic heterocycles. The Kier molecular flexibility index (Phi) is 3.97. The van der Waals surface area contributed by atoms with E-state index in [0.717, 1.165) is 25.8 Å². The molecule has 0 aromatic carbocycles. The molecule has 1 aliphatic carbocycles. The number of nitrogens with one attached hydrogen (secondary N) is 1. The Labute approximate surface area is 87.5 Å². The van der Waals surface area contributed by atoms with Crippen LogP contribution in [0.4, 0.5) is 0 Å². The van der Waals surface area contributed by atoms with E-state index in [1.807, 2.05) is 0 Å². The minimum atomic E-state index is -0.0190. The summed E-state index contributed by atoms with van der Waals surface area (Å²) in [6.45, 7) is 7.22. The van der Waals surface area contributed by atoms with Crippen LogP contribution in [-0.2, 0) is 4.79 Å². The van der Waals surface area contributed by atoms with Crippen molar-refractivity contribution in [1.29, 1.82) is 0 Å². The van der Waals surface area contributed by atoms with Crippen LogP contribution in [0.3, 0.4) is 0 Å². The third-order valence-corrected chi connectivity index (χ3v) is 3.39. The van der Waals surface area contributed by atoms with E-state index in [2.05, 4.69) is 26.1 Å². The van der Waals surface area contributed by atoms with Gasteiger partial charge in [-0.25, -0.2) is 0 Å². The van der Waals surface area contributed by atoms with Crippen molar-refractivity contribution in [2.45, 2.75) is 52.9 Å². The van der Waals surface area contributed by atoms with Crippen LogP contribution in [0.25, 0.3) is 0 Å². The summed E-state index contributed by atoms with van der Waals surface area (Å²) in [6.07, 6.45) is 5.63. The highest BCUT2D eigenvalue weighted by molar-refractivity contribution is 5.82. The van der Waals surface area contributed by atoms with Gasteiger partial charge in [0.1, 0.15) is 0 Å². The van der Waals surface area contributed by atoms with E-state index in [1.54, 1.807) is 0 Å². The summed E-state index contributed by atoms with van der Waals surface area (Å²) < 4.78 is 0. The summed E-state index contributed by atoms with van der Waals surface area (Å²) >= 11 is 0. The maximum Gasteiger partial charge on any atom is 0.226 e. The Balaban J connectivity index is 2.48.